The minimum Gasteiger partial charge on any atom is -0.377 e. The van der Waals surface area contributed by atoms with Gasteiger partial charge in [-0.2, -0.15) is 0 Å². The van der Waals surface area contributed by atoms with E-state index in [9.17, 15) is 0 Å². The average molecular weight is 162 g/mol. The Kier molecular flexibility index (Phi) is 3.55. The SMILES string of the molecule is C=C/C=C/C1=CCC(OC)C=C1. The first-order valence-corrected chi connectivity index (χ1v) is 4.07. The van der Waals surface area contributed by atoms with E-state index in [1.807, 2.05) is 12.2 Å². The van der Waals surface area contributed by atoms with Gasteiger partial charge in [-0.05, 0) is 12.0 Å². The normalized spacial score (nSPS) is 22.8. The van der Waals surface area contributed by atoms with E-state index in [1.165, 1.54) is 5.57 Å². The molecule has 12 heavy (non-hydrogen) atoms. The van der Waals surface area contributed by atoms with E-state index < -0.39 is 0 Å². The number of rotatable bonds is 3. The van der Waals surface area contributed by atoms with Crippen molar-refractivity contribution in [3.63, 3.8) is 0 Å². The lowest BCUT2D eigenvalue weighted by Gasteiger charge is -2.12. The van der Waals surface area contributed by atoms with Crippen molar-refractivity contribution in [2.45, 2.75) is 12.5 Å². The molecule has 0 aliphatic heterocycles. The largest absolute Gasteiger partial charge is 0.377 e. The molecular weight excluding hydrogens is 148 g/mol. The van der Waals surface area contributed by atoms with Crippen LogP contribution >= 0.6 is 0 Å². The molecule has 0 spiro atoms. The summed E-state index contributed by atoms with van der Waals surface area (Å²) in [5.74, 6) is 0. The van der Waals surface area contributed by atoms with E-state index in [0.717, 1.165) is 6.42 Å². The fourth-order valence-electron chi connectivity index (χ4n) is 1.09. The molecule has 0 aromatic carbocycles. The van der Waals surface area contributed by atoms with Crippen LogP contribution in [0.1, 0.15) is 6.42 Å². The maximum absolute atomic E-state index is 5.17. The second-order valence-corrected chi connectivity index (χ2v) is 2.67. The topological polar surface area (TPSA) is 9.23 Å². The van der Waals surface area contributed by atoms with Gasteiger partial charge < -0.3 is 4.74 Å². The number of ether oxygens (including phenoxy) is 1. The summed E-state index contributed by atoms with van der Waals surface area (Å²) in [4.78, 5) is 0. The summed E-state index contributed by atoms with van der Waals surface area (Å²) in [5, 5.41) is 0. The maximum atomic E-state index is 5.17. The van der Waals surface area contributed by atoms with E-state index in [4.69, 9.17) is 4.74 Å². The third-order valence-electron chi connectivity index (χ3n) is 1.82. The Labute approximate surface area is 73.7 Å². The van der Waals surface area contributed by atoms with Gasteiger partial charge in [-0.25, -0.2) is 0 Å². The van der Waals surface area contributed by atoms with Crippen LogP contribution in [-0.4, -0.2) is 13.2 Å². The quantitative estimate of drug-likeness (QED) is 0.580. The van der Waals surface area contributed by atoms with Gasteiger partial charge in [0.25, 0.3) is 0 Å². The van der Waals surface area contributed by atoms with Crippen molar-refractivity contribution in [3.05, 3.63) is 48.6 Å². The van der Waals surface area contributed by atoms with Gasteiger partial charge in [-0.15, -0.1) is 0 Å². The number of hydrogen-bond acceptors (Lipinski definition) is 1. The predicted octanol–water partition coefficient (Wildman–Crippen LogP) is 2.63. The summed E-state index contributed by atoms with van der Waals surface area (Å²) in [7, 11) is 1.73. The highest BCUT2D eigenvalue weighted by molar-refractivity contribution is 5.35. The van der Waals surface area contributed by atoms with Gasteiger partial charge in [0.1, 0.15) is 0 Å². The minimum atomic E-state index is 0.255. The lowest BCUT2D eigenvalue weighted by molar-refractivity contribution is 0.142. The Hall–Kier alpha value is -1.08. The molecule has 0 amide bonds. The molecule has 64 valence electrons. The van der Waals surface area contributed by atoms with E-state index in [2.05, 4.69) is 24.8 Å². The van der Waals surface area contributed by atoms with Crippen LogP contribution in [0.3, 0.4) is 0 Å². The molecule has 0 N–H and O–H groups in total. The zero-order valence-corrected chi connectivity index (χ0v) is 7.36. The van der Waals surface area contributed by atoms with Gasteiger partial charge in [0.05, 0.1) is 6.10 Å². The monoisotopic (exact) mass is 162 g/mol. The van der Waals surface area contributed by atoms with Crippen molar-refractivity contribution in [2.75, 3.05) is 7.11 Å². The van der Waals surface area contributed by atoms with Crippen molar-refractivity contribution in [1.29, 1.82) is 0 Å². The Morgan fingerprint density at radius 3 is 3.00 bits per heavy atom. The third-order valence-corrected chi connectivity index (χ3v) is 1.82. The zero-order chi connectivity index (χ0) is 8.81. The first kappa shape index (κ1) is 9.01. The fourth-order valence-corrected chi connectivity index (χ4v) is 1.09. The first-order chi connectivity index (χ1) is 5.86. The molecule has 1 aliphatic rings. The lowest BCUT2D eigenvalue weighted by atomic mass is 10.0. The molecule has 0 aromatic heterocycles. The van der Waals surface area contributed by atoms with Crippen molar-refractivity contribution in [1.82, 2.24) is 0 Å². The summed E-state index contributed by atoms with van der Waals surface area (Å²) in [5.41, 5.74) is 1.23. The van der Waals surface area contributed by atoms with Gasteiger partial charge in [-0.1, -0.05) is 43.0 Å². The lowest BCUT2D eigenvalue weighted by Crippen LogP contribution is -2.07. The second kappa shape index (κ2) is 4.73. The Bertz CT molecular complexity index is 233. The molecule has 0 heterocycles. The Morgan fingerprint density at radius 1 is 1.67 bits per heavy atom. The van der Waals surface area contributed by atoms with Crippen LogP contribution in [0.2, 0.25) is 0 Å². The average Bonchev–Trinajstić information content (AvgIpc) is 2.15. The summed E-state index contributed by atoms with van der Waals surface area (Å²) < 4.78 is 5.17. The molecule has 0 radical (unpaired) electrons. The summed E-state index contributed by atoms with van der Waals surface area (Å²) in [6.45, 7) is 3.61. The van der Waals surface area contributed by atoms with Gasteiger partial charge >= 0.3 is 0 Å². The van der Waals surface area contributed by atoms with Crippen LogP contribution in [0.5, 0.6) is 0 Å². The zero-order valence-electron chi connectivity index (χ0n) is 7.36. The van der Waals surface area contributed by atoms with Crippen LogP contribution < -0.4 is 0 Å². The van der Waals surface area contributed by atoms with Crippen LogP contribution in [0, 0.1) is 0 Å². The van der Waals surface area contributed by atoms with E-state index >= 15 is 0 Å². The molecule has 1 atom stereocenters. The van der Waals surface area contributed by atoms with Crippen LogP contribution in [-0.2, 0) is 4.74 Å². The summed E-state index contributed by atoms with van der Waals surface area (Å²) >= 11 is 0. The van der Waals surface area contributed by atoms with Gasteiger partial charge in [0, 0.05) is 7.11 Å². The van der Waals surface area contributed by atoms with E-state index in [-0.39, 0.29) is 6.10 Å². The molecule has 0 bridgehead atoms. The minimum absolute atomic E-state index is 0.255. The smallest absolute Gasteiger partial charge is 0.0789 e. The molecule has 1 nitrogen and oxygen atoms in total. The highest BCUT2D eigenvalue weighted by Crippen LogP contribution is 2.13. The molecule has 0 fully saturated rings. The van der Waals surface area contributed by atoms with Gasteiger partial charge in [0.15, 0.2) is 0 Å². The Morgan fingerprint density at radius 2 is 2.50 bits per heavy atom. The number of hydrogen-bond donors (Lipinski definition) is 0. The van der Waals surface area contributed by atoms with Crippen molar-refractivity contribution < 1.29 is 4.74 Å². The van der Waals surface area contributed by atoms with Gasteiger partial charge in [-0.3, -0.25) is 0 Å². The summed E-state index contributed by atoms with van der Waals surface area (Å²) in [6.07, 6.45) is 13.3. The standard InChI is InChI=1S/C11H14O/c1-3-4-5-10-6-8-11(12-2)9-7-10/h3-8,11H,1,9H2,2H3/b5-4+. The van der Waals surface area contributed by atoms with Gasteiger partial charge in [0.2, 0.25) is 0 Å². The maximum Gasteiger partial charge on any atom is 0.0789 e. The molecule has 0 saturated carbocycles. The highest BCUT2D eigenvalue weighted by Gasteiger charge is 2.04. The highest BCUT2D eigenvalue weighted by atomic mass is 16.5. The predicted molar refractivity (Wildman–Crippen MR) is 52.0 cm³/mol. The second-order valence-electron chi connectivity index (χ2n) is 2.67. The van der Waals surface area contributed by atoms with E-state index in [1.54, 1.807) is 13.2 Å². The first-order valence-electron chi connectivity index (χ1n) is 4.07. The number of methoxy groups -OCH3 is 1. The van der Waals surface area contributed by atoms with Crippen LogP contribution in [0.25, 0.3) is 0 Å². The Balaban J connectivity index is 2.51. The van der Waals surface area contributed by atoms with Crippen molar-refractivity contribution in [2.24, 2.45) is 0 Å². The van der Waals surface area contributed by atoms with Crippen molar-refractivity contribution >= 4 is 0 Å². The molecule has 0 aromatic rings. The van der Waals surface area contributed by atoms with Crippen LogP contribution in [0.15, 0.2) is 48.6 Å². The molecule has 0 saturated heterocycles. The molecule has 1 unspecified atom stereocenters. The molecule has 1 rings (SSSR count). The molecule has 1 heteroatoms. The summed E-state index contributed by atoms with van der Waals surface area (Å²) in [6, 6.07) is 0. The molecular formula is C11H14O. The number of allylic oxidation sites excluding steroid dienone is 5. The van der Waals surface area contributed by atoms with Crippen molar-refractivity contribution in [3.8, 4) is 0 Å². The van der Waals surface area contributed by atoms with Crippen LogP contribution in [0.4, 0.5) is 0 Å². The fraction of sp³-hybridized carbons (Fsp3) is 0.273. The van der Waals surface area contributed by atoms with E-state index in [0.29, 0.717) is 0 Å². The molecule has 1 aliphatic carbocycles. The third kappa shape index (κ3) is 2.51.